The molecule has 3 rings (SSSR count). The lowest BCUT2D eigenvalue weighted by Crippen LogP contribution is -2.52. The number of halogens is 1. The van der Waals surface area contributed by atoms with Crippen molar-refractivity contribution < 1.29 is 27.1 Å². The van der Waals surface area contributed by atoms with Gasteiger partial charge in [-0.1, -0.05) is 30.3 Å². The number of carbonyl (C=O) groups is 2. The fraction of sp³-hybridized carbons (Fsp3) is 0.333. The average Bonchev–Trinajstić information content (AvgIpc) is 2.95. The van der Waals surface area contributed by atoms with Crippen LogP contribution in [0.1, 0.15) is 33.3 Å². The molecule has 0 saturated heterocycles. The van der Waals surface area contributed by atoms with Crippen LogP contribution in [0.25, 0.3) is 0 Å². The van der Waals surface area contributed by atoms with Crippen LogP contribution in [-0.4, -0.2) is 56.6 Å². The first kappa shape index (κ1) is 32.0. The zero-order valence-electron chi connectivity index (χ0n) is 23.8. The van der Waals surface area contributed by atoms with Crippen molar-refractivity contribution in [2.75, 3.05) is 23.7 Å². The van der Waals surface area contributed by atoms with Crippen molar-refractivity contribution in [3.05, 3.63) is 84.2 Å². The van der Waals surface area contributed by atoms with E-state index in [9.17, 15) is 22.4 Å². The van der Waals surface area contributed by atoms with Crippen LogP contribution in [0, 0.1) is 5.82 Å². The van der Waals surface area contributed by atoms with E-state index in [2.05, 4.69) is 5.32 Å². The molecular weight excluding hydrogens is 565 g/mol. The lowest BCUT2D eigenvalue weighted by molar-refractivity contribution is -0.139. The Kier molecular flexibility index (Phi) is 11.2. The van der Waals surface area contributed by atoms with Gasteiger partial charge in [0, 0.05) is 23.0 Å². The van der Waals surface area contributed by atoms with Gasteiger partial charge in [-0.25, -0.2) is 12.8 Å². The molecule has 0 aliphatic rings. The number of anilines is 1. The molecule has 0 saturated carbocycles. The normalized spacial score (nSPS) is 12.1. The smallest absolute Gasteiger partial charge is 0.264 e. The molecule has 220 valence electrons. The van der Waals surface area contributed by atoms with Crippen molar-refractivity contribution in [1.29, 1.82) is 0 Å². The molecule has 0 bridgehead atoms. The summed E-state index contributed by atoms with van der Waals surface area (Å²) in [5.41, 5.74) is 0.364. The molecule has 3 aromatic carbocycles. The number of thioether (sulfide) groups is 1. The predicted octanol–water partition coefficient (Wildman–Crippen LogP) is 5.08. The minimum absolute atomic E-state index is 0.0133. The SMILES string of the molecule is CCOc1ccccc1N(CC(=O)N(Cc1ccccc1F)[C@H](C)C(=O)NC(C)C)S(=O)(=O)c1ccc(SC)cc1. The van der Waals surface area contributed by atoms with Gasteiger partial charge in [0.15, 0.2) is 0 Å². The Morgan fingerprint density at radius 3 is 2.22 bits per heavy atom. The Hall–Kier alpha value is -3.57. The van der Waals surface area contributed by atoms with Crippen molar-refractivity contribution >= 4 is 39.3 Å². The molecule has 0 fully saturated rings. The molecule has 1 atom stereocenters. The number of ether oxygens (including phenoxy) is 1. The minimum atomic E-state index is -4.27. The first-order chi connectivity index (χ1) is 19.5. The highest BCUT2D eigenvalue weighted by atomic mass is 32.2. The van der Waals surface area contributed by atoms with Gasteiger partial charge in [-0.05, 0) is 76.4 Å². The third kappa shape index (κ3) is 8.01. The summed E-state index contributed by atoms with van der Waals surface area (Å²) in [7, 11) is -4.27. The van der Waals surface area contributed by atoms with E-state index in [1.165, 1.54) is 53.9 Å². The molecule has 0 spiro atoms. The number of sulfonamides is 1. The fourth-order valence-corrected chi connectivity index (χ4v) is 5.96. The first-order valence-corrected chi connectivity index (χ1v) is 15.9. The second-order valence-electron chi connectivity index (χ2n) is 9.54. The first-order valence-electron chi connectivity index (χ1n) is 13.2. The van der Waals surface area contributed by atoms with Gasteiger partial charge in [0.2, 0.25) is 11.8 Å². The molecule has 0 aliphatic carbocycles. The number of amides is 2. The van der Waals surface area contributed by atoms with Crippen LogP contribution in [0.5, 0.6) is 5.75 Å². The molecule has 0 heterocycles. The van der Waals surface area contributed by atoms with Crippen LogP contribution in [0.15, 0.2) is 82.6 Å². The van der Waals surface area contributed by atoms with E-state index >= 15 is 0 Å². The summed E-state index contributed by atoms with van der Waals surface area (Å²) in [4.78, 5) is 29.0. The Labute approximate surface area is 245 Å². The second-order valence-corrected chi connectivity index (χ2v) is 12.3. The van der Waals surface area contributed by atoms with Crippen molar-refractivity contribution in [3.63, 3.8) is 0 Å². The van der Waals surface area contributed by atoms with Crippen molar-refractivity contribution in [1.82, 2.24) is 10.2 Å². The molecule has 0 aliphatic heterocycles. The minimum Gasteiger partial charge on any atom is -0.492 e. The molecule has 0 aromatic heterocycles. The number of nitrogens with zero attached hydrogens (tertiary/aromatic N) is 2. The summed E-state index contributed by atoms with van der Waals surface area (Å²) in [6.45, 7) is 6.26. The summed E-state index contributed by atoms with van der Waals surface area (Å²) in [5.74, 6) is -1.39. The van der Waals surface area contributed by atoms with Crippen LogP contribution < -0.4 is 14.4 Å². The number of hydrogen-bond acceptors (Lipinski definition) is 6. The van der Waals surface area contributed by atoms with Gasteiger partial charge in [0.1, 0.15) is 24.2 Å². The lowest BCUT2D eigenvalue weighted by atomic mass is 10.1. The van der Waals surface area contributed by atoms with E-state index in [-0.39, 0.29) is 41.1 Å². The zero-order valence-corrected chi connectivity index (χ0v) is 25.5. The Balaban J connectivity index is 2.10. The molecular formula is C30H36FN3O5S2. The average molecular weight is 602 g/mol. The van der Waals surface area contributed by atoms with Crippen molar-refractivity contribution in [3.8, 4) is 5.75 Å². The maximum Gasteiger partial charge on any atom is 0.264 e. The summed E-state index contributed by atoms with van der Waals surface area (Å²) >= 11 is 1.47. The molecule has 3 aromatic rings. The van der Waals surface area contributed by atoms with Crippen LogP contribution in [0.2, 0.25) is 0 Å². The predicted molar refractivity (Wildman–Crippen MR) is 160 cm³/mol. The molecule has 1 N–H and O–H groups in total. The van der Waals surface area contributed by atoms with Gasteiger partial charge < -0.3 is 15.0 Å². The standard InChI is InChI=1S/C30H36FN3O5S2/c1-6-39-28-14-10-9-13-27(28)34(41(37,38)25-17-15-24(40-5)16-18-25)20-29(35)33(22(4)30(36)32-21(2)3)19-23-11-7-8-12-26(23)31/h7-18,21-22H,6,19-20H2,1-5H3,(H,32,36)/t22-/m1/s1. The topological polar surface area (TPSA) is 96.0 Å². The van der Waals surface area contributed by atoms with Crippen LogP contribution >= 0.6 is 11.8 Å². The summed E-state index contributed by atoms with van der Waals surface area (Å²) in [5, 5.41) is 2.78. The van der Waals surface area contributed by atoms with E-state index in [1.807, 2.05) is 6.26 Å². The monoisotopic (exact) mass is 601 g/mol. The van der Waals surface area contributed by atoms with Gasteiger partial charge in [0.05, 0.1) is 17.2 Å². The molecule has 2 amide bonds. The zero-order chi connectivity index (χ0) is 30.2. The van der Waals surface area contributed by atoms with Crippen LogP contribution in [-0.2, 0) is 26.2 Å². The summed E-state index contributed by atoms with van der Waals surface area (Å²) < 4.78 is 49.5. The molecule has 8 nitrogen and oxygen atoms in total. The largest absolute Gasteiger partial charge is 0.492 e. The second kappa shape index (κ2) is 14.4. The van der Waals surface area contributed by atoms with Gasteiger partial charge in [-0.15, -0.1) is 11.8 Å². The Morgan fingerprint density at radius 1 is 0.976 bits per heavy atom. The number of nitrogens with one attached hydrogen (secondary N) is 1. The maximum absolute atomic E-state index is 14.7. The summed E-state index contributed by atoms with van der Waals surface area (Å²) in [6, 6.07) is 17.6. The quantitative estimate of drug-likeness (QED) is 0.275. The van der Waals surface area contributed by atoms with E-state index in [1.54, 1.807) is 63.2 Å². The van der Waals surface area contributed by atoms with Gasteiger partial charge in [0.25, 0.3) is 10.0 Å². The van der Waals surface area contributed by atoms with E-state index in [0.717, 1.165) is 9.20 Å². The van der Waals surface area contributed by atoms with Crippen molar-refractivity contribution in [2.45, 2.75) is 56.1 Å². The highest BCUT2D eigenvalue weighted by molar-refractivity contribution is 7.98. The molecule has 0 radical (unpaired) electrons. The highest BCUT2D eigenvalue weighted by Crippen LogP contribution is 2.33. The van der Waals surface area contributed by atoms with E-state index < -0.39 is 40.2 Å². The third-order valence-electron chi connectivity index (χ3n) is 6.26. The number of para-hydroxylation sites is 2. The Bertz CT molecular complexity index is 1450. The van der Waals surface area contributed by atoms with Crippen LogP contribution in [0.4, 0.5) is 10.1 Å². The van der Waals surface area contributed by atoms with E-state index in [4.69, 9.17) is 4.74 Å². The Morgan fingerprint density at radius 2 is 1.61 bits per heavy atom. The van der Waals surface area contributed by atoms with Crippen molar-refractivity contribution in [2.24, 2.45) is 0 Å². The number of hydrogen-bond donors (Lipinski definition) is 1. The number of benzene rings is 3. The molecule has 0 unspecified atom stereocenters. The third-order valence-corrected chi connectivity index (χ3v) is 8.77. The molecule has 41 heavy (non-hydrogen) atoms. The number of rotatable bonds is 13. The van der Waals surface area contributed by atoms with Gasteiger partial charge >= 0.3 is 0 Å². The summed E-state index contributed by atoms with van der Waals surface area (Å²) in [6.07, 6.45) is 1.88. The van der Waals surface area contributed by atoms with Gasteiger partial charge in [-0.3, -0.25) is 13.9 Å². The lowest BCUT2D eigenvalue weighted by Gasteiger charge is -2.32. The highest BCUT2D eigenvalue weighted by Gasteiger charge is 2.34. The maximum atomic E-state index is 14.7. The molecule has 11 heteroatoms. The number of carbonyl (C=O) groups excluding carboxylic acids is 2. The van der Waals surface area contributed by atoms with Crippen LogP contribution in [0.3, 0.4) is 0 Å². The fourth-order valence-electron chi connectivity index (χ4n) is 4.13. The van der Waals surface area contributed by atoms with E-state index in [0.29, 0.717) is 0 Å². The van der Waals surface area contributed by atoms with Gasteiger partial charge in [-0.2, -0.15) is 0 Å².